The van der Waals surface area contributed by atoms with Crippen LogP contribution in [0.2, 0.25) is 5.02 Å². The van der Waals surface area contributed by atoms with Crippen LogP contribution in [0.15, 0.2) is 36.4 Å². The number of rotatable bonds is 2. The summed E-state index contributed by atoms with van der Waals surface area (Å²) in [5.74, 6) is -1.30. The smallest absolute Gasteiger partial charge is 0.352 e. The molecule has 126 valence electrons. The van der Waals surface area contributed by atoms with Crippen molar-refractivity contribution in [3.8, 4) is 22.4 Å². The van der Waals surface area contributed by atoms with Crippen molar-refractivity contribution >= 4 is 17.6 Å². The average Bonchev–Trinajstić information content (AvgIpc) is 2.93. The van der Waals surface area contributed by atoms with Crippen LogP contribution in [0.5, 0.6) is 0 Å². The second-order valence-corrected chi connectivity index (χ2v) is 6.79. The third-order valence-corrected chi connectivity index (χ3v) is 4.85. The molecule has 0 radical (unpaired) electrons. The zero-order valence-corrected chi connectivity index (χ0v) is 14.2. The lowest BCUT2D eigenvalue weighted by atomic mass is 9.86. The van der Waals surface area contributed by atoms with Gasteiger partial charge in [0, 0.05) is 16.1 Å². The van der Waals surface area contributed by atoms with Crippen LogP contribution in [-0.4, -0.2) is 16.1 Å². The highest BCUT2D eigenvalue weighted by molar-refractivity contribution is 6.31. The van der Waals surface area contributed by atoms with E-state index >= 15 is 0 Å². The standard InChI is InChI=1S/C20H15ClFNO2/c1-10-6-12(8-13(21)7-10)17-16-4-2-11-9-14(22)3-5-15(11)18(16)23-19(17)20(24)25/h3,5-9,23H,2,4H2,1H3,(H,24,25). The number of fused-ring (bicyclic) bond motifs is 3. The van der Waals surface area contributed by atoms with E-state index in [1.165, 1.54) is 12.1 Å². The normalized spacial score (nSPS) is 12.6. The lowest BCUT2D eigenvalue weighted by Crippen LogP contribution is -2.04. The molecular weight excluding hydrogens is 341 g/mol. The summed E-state index contributed by atoms with van der Waals surface area (Å²) in [5.41, 5.74) is 6.00. The number of hydrogen-bond donors (Lipinski definition) is 2. The average molecular weight is 356 g/mol. The molecule has 0 saturated heterocycles. The van der Waals surface area contributed by atoms with Crippen LogP contribution in [0.1, 0.15) is 27.2 Å². The van der Waals surface area contributed by atoms with E-state index in [0.29, 0.717) is 23.4 Å². The largest absolute Gasteiger partial charge is 0.477 e. The van der Waals surface area contributed by atoms with E-state index in [-0.39, 0.29) is 11.5 Å². The number of H-pyrrole nitrogens is 1. The Bertz CT molecular complexity index is 1000. The van der Waals surface area contributed by atoms with Gasteiger partial charge in [-0.15, -0.1) is 0 Å². The van der Waals surface area contributed by atoms with Gasteiger partial charge in [0.2, 0.25) is 0 Å². The van der Waals surface area contributed by atoms with Gasteiger partial charge in [-0.1, -0.05) is 17.7 Å². The van der Waals surface area contributed by atoms with Crippen LogP contribution in [0.25, 0.3) is 22.4 Å². The Labute approximate surface area is 149 Å². The van der Waals surface area contributed by atoms with Crippen molar-refractivity contribution < 1.29 is 14.3 Å². The number of benzene rings is 2. The molecule has 0 saturated carbocycles. The molecule has 3 nitrogen and oxygen atoms in total. The molecule has 0 atom stereocenters. The number of carbonyl (C=O) groups is 1. The Balaban J connectivity index is 2.00. The van der Waals surface area contributed by atoms with E-state index in [4.69, 9.17) is 11.6 Å². The number of carboxylic acids is 1. The maximum atomic E-state index is 13.5. The second kappa shape index (κ2) is 5.74. The van der Waals surface area contributed by atoms with Crippen molar-refractivity contribution in [1.29, 1.82) is 0 Å². The van der Waals surface area contributed by atoms with Gasteiger partial charge in [-0.2, -0.15) is 0 Å². The predicted octanol–water partition coefficient (Wildman–Crippen LogP) is 5.25. The fourth-order valence-electron chi connectivity index (χ4n) is 3.65. The number of nitrogens with one attached hydrogen (secondary N) is 1. The van der Waals surface area contributed by atoms with Crippen LogP contribution < -0.4 is 0 Å². The molecule has 5 heteroatoms. The quantitative estimate of drug-likeness (QED) is 0.660. The van der Waals surface area contributed by atoms with Crippen LogP contribution in [0.3, 0.4) is 0 Å². The molecule has 1 aromatic heterocycles. The van der Waals surface area contributed by atoms with Crippen molar-refractivity contribution in [1.82, 2.24) is 4.98 Å². The molecule has 1 aliphatic carbocycles. The van der Waals surface area contributed by atoms with Gasteiger partial charge < -0.3 is 10.1 Å². The van der Waals surface area contributed by atoms with Crippen molar-refractivity contribution in [3.63, 3.8) is 0 Å². The summed E-state index contributed by atoms with van der Waals surface area (Å²) in [6, 6.07) is 10.2. The molecule has 2 aromatic carbocycles. The van der Waals surface area contributed by atoms with E-state index in [9.17, 15) is 14.3 Å². The van der Waals surface area contributed by atoms with Crippen molar-refractivity contribution in [3.05, 3.63) is 69.6 Å². The van der Waals surface area contributed by atoms with E-state index < -0.39 is 5.97 Å². The topological polar surface area (TPSA) is 53.1 Å². The lowest BCUT2D eigenvalue weighted by molar-refractivity contribution is 0.0692. The highest BCUT2D eigenvalue weighted by atomic mass is 35.5. The Kier molecular flexibility index (Phi) is 3.65. The molecule has 0 spiro atoms. The third-order valence-electron chi connectivity index (χ3n) is 4.63. The zero-order chi connectivity index (χ0) is 17.7. The van der Waals surface area contributed by atoms with Gasteiger partial charge in [-0.25, -0.2) is 9.18 Å². The summed E-state index contributed by atoms with van der Waals surface area (Å²) in [7, 11) is 0. The predicted molar refractivity (Wildman–Crippen MR) is 95.7 cm³/mol. The summed E-state index contributed by atoms with van der Waals surface area (Å²) < 4.78 is 13.5. The summed E-state index contributed by atoms with van der Waals surface area (Å²) in [6.45, 7) is 1.92. The maximum Gasteiger partial charge on any atom is 0.352 e. The highest BCUT2D eigenvalue weighted by Gasteiger charge is 2.27. The molecule has 3 aromatic rings. The van der Waals surface area contributed by atoms with E-state index in [0.717, 1.165) is 33.5 Å². The van der Waals surface area contributed by atoms with E-state index in [2.05, 4.69) is 4.98 Å². The summed E-state index contributed by atoms with van der Waals surface area (Å²) in [4.78, 5) is 14.9. The first-order valence-electron chi connectivity index (χ1n) is 7.98. The lowest BCUT2D eigenvalue weighted by Gasteiger charge is -2.18. The number of hydrogen-bond acceptors (Lipinski definition) is 1. The minimum absolute atomic E-state index is 0.142. The van der Waals surface area contributed by atoms with E-state index in [1.54, 1.807) is 12.1 Å². The highest BCUT2D eigenvalue weighted by Crippen LogP contribution is 2.41. The fourth-order valence-corrected chi connectivity index (χ4v) is 3.94. The van der Waals surface area contributed by atoms with Crippen LogP contribution in [-0.2, 0) is 12.8 Å². The SMILES string of the molecule is Cc1cc(Cl)cc(-c2c(C(=O)O)[nH]c3c2CCc2cc(F)ccc2-3)c1. The van der Waals surface area contributed by atoms with Crippen LogP contribution in [0, 0.1) is 12.7 Å². The van der Waals surface area contributed by atoms with Gasteiger partial charge >= 0.3 is 5.97 Å². The number of aryl methyl sites for hydroxylation is 2. The molecule has 0 fully saturated rings. The van der Waals surface area contributed by atoms with E-state index in [1.807, 2.05) is 19.1 Å². The Hall–Kier alpha value is -2.59. The van der Waals surface area contributed by atoms with Crippen molar-refractivity contribution in [2.75, 3.05) is 0 Å². The van der Waals surface area contributed by atoms with Gasteiger partial charge in [0.05, 0.1) is 5.69 Å². The maximum absolute atomic E-state index is 13.5. The van der Waals surface area contributed by atoms with Gasteiger partial charge in [-0.3, -0.25) is 0 Å². The molecular formula is C20H15ClFNO2. The second-order valence-electron chi connectivity index (χ2n) is 6.35. The molecule has 0 unspecified atom stereocenters. The van der Waals surface area contributed by atoms with Crippen LogP contribution >= 0.6 is 11.6 Å². The number of carboxylic acid groups (broad SMARTS) is 1. The molecule has 0 aliphatic heterocycles. The van der Waals surface area contributed by atoms with Crippen molar-refractivity contribution in [2.24, 2.45) is 0 Å². The summed E-state index contributed by atoms with van der Waals surface area (Å²) in [5, 5.41) is 10.3. The Morgan fingerprint density at radius 2 is 2.00 bits per heavy atom. The molecule has 0 amide bonds. The molecule has 1 aliphatic rings. The Morgan fingerprint density at radius 1 is 1.20 bits per heavy atom. The first-order valence-corrected chi connectivity index (χ1v) is 8.36. The summed E-state index contributed by atoms with van der Waals surface area (Å²) >= 11 is 6.18. The number of aromatic nitrogens is 1. The molecule has 1 heterocycles. The third kappa shape index (κ3) is 2.63. The van der Waals surface area contributed by atoms with Crippen molar-refractivity contribution in [2.45, 2.75) is 19.8 Å². The Morgan fingerprint density at radius 3 is 2.72 bits per heavy atom. The van der Waals surface area contributed by atoms with Gasteiger partial charge in [-0.05, 0) is 72.4 Å². The fraction of sp³-hybridized carbons (Fsp3) is 0.150. The molecule has 4 rings (SSSR count). The number of aromatic amines is 1. The minimum Gasteiger partial charge on any atom is -0.477 e. The molecule has 0 bridgehead atoms. The monoisotopic (exact) mass is 355 g/mol. The number of aromatic carboxylic acids is 1. The minimum atomic E-state index is -1.02. The number of halogens is 2. The van der Waals surface area contributed by atoms with Gasteiger partial charge in [0.1, 0.15) is 11.5 Å². The van der Waals surface area contributed by atoms with Gasteiger partial charge in [0.15, 0.2) is 0 Å². The van der Waals surface area contributed by atoms with Gasteiger partial charge in [0.25, 0.3) is 0 Å². The van der Waals surface area contributed by atoms with Crippen LogP contribution in [0.4, 0.5) is 4.39 Å². The first kappa shape index (κ1) is 15.9. The molecule has 2 N–H and O–H groups in total. The first-order chi connectivity index (χ1) is 11.9. The zero-order valence-electron chi connectivity index (χ0n) is 13.5. The summed E-state index contributed by atoms with van der Waals surface area (Å²) in [6.07, 6.45) is 1.32. The molecule has 25 heavy (non-hydrogen) atoms.